The Morgan fingerprint density at radius 2 is 1.02 bits per heavy atom. The zero-order valence-corrected chi connectivity index (χ0v) is 27.3. The molecule has 0 atom stereocenters. The van der Waals surface area contributed by atoms with Crippen LogP contribution in [0.5, 0.6) is 0 Å². The average Bonchev–Trinajstić information content (AvgIpc) is 3.88. The van der Waals surface area contributed by atoms with E-state index in [0.29, 0.717) is 5.95 Å². The van der Waals surface area contributed by atoms with Crippen LogP contribution in [0.2, 0.25) is 0 Å². The van der Waals surface area contributed by atoms with Crippen molar-refractivity contribution < 1.29 is 0 Å². The van der Waals surface area contributed by atoms with Gasteiger partial charge in [-0.05, 0) is 54.6 Å². The van der Waals surface area contributed by atoms with Crippen molar-refractivity contribution in [2.45, 2.75) is 0 Å². The van der Waals surface area contributed by atoms with E-state index < -0.39 is 0 Å². The van der Waals surface area contributed by atoms with E-state index in [2.05, 4.69) is 159 Å². The molecule has 11 aromatic rings. The number of rotatable bonds is 4. The minimum absolute atomic E-state index is 0.635. The van der Waals surface area contributed by atoms with Crippen LogP contribution in [0.25, 0.3) is 94.0 Å². The Morgan fingerprint density at radius 1 is 0.392 bits per heavy atom. The van der Waals surface area contributed by atoms with E-state index in [0.717, 1.165) is 71.8 Å². The summed E-state index contributed by atoms with van der Waals surface area (Å²) in [6.45, 7) is 0. The van der Waals surface area contributed by atoms with Gasteiger partial charge in [0.2, 0.25) is 5.95 Å². The molecule has 0 aliphatic heterocycles. The summed E-state index contributed by atoms with van der Waals surface area (Å²) in [7, 11) is 0. The number of hydrogen-bond acceptors (Lipinski definition) is 3. The summed E-state index contributed by atoms with van der Waals surface area (Å²) in [5.41, 5.74) is 10.4. The van der Waals surface area contributed by atoms with E-state index in [9.17, 15) is 0 Å². The normalized spacial score (nSPS) is 11.9. The quantitative estimate of drug-likeness (QED) is 0.190. The molecule has 4 aromatic heterocycles. The van der Waals surface area contributed by atoms with Gasteiger partial charge in [0.05, 0.1) is 50.7 Å². The molecule has 4 heterocycles. The fourth-order valence-corrected chi connectivity index (χ4v) is 7.90. The molecule has 0 aliphatic rings. The van der Waals surface area contributed by atoms with Crippen molar-refractivity contribution in [2.75, 3.05) is 0 Å². The Morgan fingerprint density at radius 3 is 1.82 bits per heavy atom. The van der Waals surface area contributed by atoms with Crippen LogP contribution in [0.4, 0.5) is 0 Å². The number of hydrogen-bond donors (Lipinski definition) is 0. The van der Waals surface area contributed by atoms with Gasteiger partial charge in [0.25, 0.3) is 0 Å². The van der Waals surface area contributed by atoms with E-state index >= 15 is 0 Å². The van der Waals surface area contributed by atoms with Crippen LogP contribution in [0, 0.1) is 0 Å². The number of para-hydroxylation sites is 4. The van der Waals surface area contributed by atoms with Crippen molar-refractivity contribution >= 4 is 65.4 Å². The predicted octanol–water partition coefficient (Wildman–Crippen LogP) is 10.8. The molecule has 0 amide bonds. The number of aromatic nitrogens is 6. The molecule has 7 aromatic carbocycles. The monoisotopic (exact) mass is 652 g/mol. The smallest absolute Gasteiger partial charge is 0.235 e. The van der Waals surface area contributed by atoms with Gasteiger partial charge in [-0.3, -0.25) is 4.57 Å². The Hall–Kier alpha value is -7.05. The zero-order valence-electron chi connectivity index (χ0n) is 27.3. The standard InChI is InChI=1S/C45H28N6/c1-3-13-29(14-4-1)43-36-19-7-10-20-38(36)47-45(48-43)50-40-22-12-8-17-32(40)34-24-23-31(27-42(34)50)51-41-26-25-35-33-18-9-11-21-39(33)49(30-15-5-2-6-16-30)44(35)37(41)28-46-51/h1-28H. The molecule has 0 radical (unpaired) electrons. The molecule has 0 aliphatic carbocycles. The van der Waals surface area contributed by atoms with Crippen LogP contribution in [0.1, 0.15) is 0 Å². The van der Waals surface area contributed by atoms with E-state index in [1.54, 1.807) is 0 Å². The van der Waals surface area contributed by atoms with Crippen molar-refractivity contribution in [3.63, 3.8) is 0 Å². The first-order valence-corrected chi connectivity index (χ1v) is 17.1. The van der Waals surface area contributed by atoms with Crippen molar-refractivity contribution in [1.82, 2.24) is 28.9 Å². The highest BCUT2D eigenvalue weighted by atomic mass is 15.3. The number of benzene rings is 7. The van der Waals surface area contributed by atoms with Gasteiger partial charge in [-0.15, -0.1) is 0 Å². The fourth-order valence-electron chi connectivity index (χ4n) is 7.90. The van der Waals surface area contributed by atoms with Crippen LogP contribution in [0.15, 0.2) is 170 Å². The lowest BCUT2D eigenvalue weighted by Gasteiger charge is -2.12. The van der Waals surface area contributed by atoms with Crippen molar-refractivity contribution in [2.24, 2.45) is 0 Å². The fraction of sp³-hybridized carbons (Fsp3) is 0. The lowest BCUT2D eigenvalue weighted by Crippen LogP contribution is -2.04. The van der Waals surface area contributed by atoms with Crippen LogP contribution >= 0.6 is 0 Å². The minimum atomic E-state index is 0.635. The average molecular weight is 653 g/mol. The molecule has 0 N–H and O–H groups in total. The first-order chi connectivity index (χ1) is 25.3. The highest BCUT2D eigenvalue weighted by molar-refractivity contribution is 6.18. The Bertz CT molecular complexity index is 3130. The number of fused-ring (bicyclic) bond motifs is 9. The van der Waals surface area contributed by atoms with Gasteiger partial charge in [0.1, 0.15) is 0 Å². The highest BCUT2D eigenvalue weighted by Gasteiger charge is 2.20. The molecule has 6 heteroatoms. The zero-order chi connectivity index (χ0) is 33.5. The lowest BCUT2D eigenvalue weighted by molar-refractivity contribution is 0.910. The van der Waals surface area contributed by atoms with Crippen LogP contribution in [-0.2, 0) is 0 Å². The topological polar surface area (TPSA) is 53.5 Å². The highest BCUT2D eigenvalue weighted by Crippen LogP contribution is 2.38. The van der Waals surface area contributed by atoms with Crippen LogP contribution in [0.3, 0.4) is 0 Å². The molecule has 0 fully saturated rings. The van der Waals surface area contributed by atoms with Gasteiger partial charge < -0.3 is 4.57 Å². The third-order valence-electron chi connectivity index (χ3n) is 10.1. The van der Waals surface area contributed by atoms with E-state index in [-0.39, 0.29) is 0 Å². The second-order valence-electron chi connectivity index (χ2n) is 12.9. The summed E-state index contributed by atoms with van der Waals surface area (Å²) in [5, 5.41) is 11.9. The minimum Gasteiger partial charge on any atom is -0.309 e. The third-order valence-corrected chi connectivity index (χ3v) is 10.1. The van der Waals surface area contributed by atoms with E-state index in [4.69, 9.17) is 15.1 Å². The largest absolute Gasteiger partial charge is 0.309 e. The molecule has 0 saturated carbocycles. The lowest BCUT2D eigenvalue weighted by atomic mass is 10.1. The van der Waals surface area contributed by atoms with E-state index in [1.807, 2.05) is 24.4 Å². The van der Waals surface area contributed by atoms with Gasteiger partial charge in [-0.25, -0.2) is 14.6 Å². The maximum absolute atomic E-state index is 5.28. The molecule has 11 rings (SSSR count). The van der Waals surface area contributed by atoms with Crippen LogP contribution < -0.4 is 0 Å². The molecule has 6 nitrogen and oxygen atoms in total. The predicted molar refractivity (Wildman–Crippen MR) is 208 cm³/mol. The summed E-state index contributed by atoms with van der Waals surface area (Å²) in [6, 6.07) is 57.4. The molecular weight excluding hydrogens is 625 g/mol. The maximum atomic E-state index is 5.28. The Balaban J connectivity index is 1.17. The summed E-state index contributed by atoms with van der Waals surface area (Å²) in [6.07, 6.45) is 2.01. The van der Waals surface area contributed by atoms with Gasteiger partial charge in [0, 0.05) is 43.6 Å². The molecular formula is C45H28N6. The van der Waals surface area contributed by atoms with Crippen LogP contribution in [-0.4, -0.2) is 28.9 Å². The number of nitrogens with zero attached hydrogens (tertiary/aromatic N) is 6. The molecule has 51 heavy (non-hydrogen) atoms. The summed E-state index contributed by atoms with van der Waals surface area (Å²) in [5.74, 6) is 0.635. The summed E-state index contributed by atoms with van der Waals surface area (Å²) >= 11 is 0. The Kier molecular flexibility index (Phi) is 5.86. The Labute approximate surface area is 292 Å². The third kappa shape index (κ3) is 4.07. The molecule has 0 unspecified atom stereocenters. The first kappa shape index (κ1) is 27.9. The van der Waals surface area contributed by atoms with Gasteiger partial charge >= 0.3 is 0 Å². The second-order valence-corrected chi connectivity index (χ2v) is 12.9. The van der Waals surface area contributed by atoms with Crippen molar-refractivity contribution in [3.8, 4) is 28.6 Å². The molecule has 0 bridgehead atoms. The second kappa shape index (κ2) is 10.7. The van der Waals surface area contributed by atoms with Crippen molar-refractivity contribution in [1.29, 1.82) is 0 Å². The molecule has 0 spiro atoms. The maximum Gasteiger partial charge on any atom is 0.235 e. The van der Waals surface area contributed by atoms with Gasteiger partial charge in [-0.2, -0.15) is 5.10 Å². The van der Waals surface area contributed by atoms with Gasteiger partial charge in [-0.1, -0.05) is 109 Å². The van der Waals surface area contributed by atoms with Crippen molar-refractivity contribution in [3.05, 3.63) is 170 Å². The van der Waals surface area contributed by atoms with E-state index in [1.165, 1.54) is 16.3 Å². The molecule has 0 saturated heterocycles. The SMILES string of the molecule is c1ccc(-c2nc(-n3c4ccccc4c4ccc(-n5ncc6c5ccc5c7ccccc7n(-c7ccccc7)c56)cc43)nc3ccccc23)cc1. The van der Waals surface area contributed by atoms with Gasteiger partial charge in [0.15, 0.2) is 0 Å². The molecule has 238 valence electrons. The summed E-state index contributed by atoms with van der Waals surface area (Å²) in [4.78, 5) is 10.4. The summed E-state index contributed by atoms with van der Waals surface area (Å²) < 4.78 is 6.62. The first-order valence-electron chi connectivity index (χ1n) is 17.1.